The molecule has 1 amide bonds. The maximum absolute atomic E-state index is 12.5. The predicted octanol–water partition coefficient (Wildman–Crippen LogP) is 5.46. The summed E-state index contributed by atoms with van der Waals surface area (Å²) in [5.74, 6) is 2.13. The third kappa shape index (κ3) is 4.33. The Bertz CT molecular complexity index is 931. The van der Waals surface area contributed by atoms with E-state index < -0.39 is 0 Å². The summed E-state index contributed by atoms with van der Waals surface area (Å²) in [5.41, 5.74) is 3.76. The zero-order valence-corrected chi connectivity index (χ0v) is 16.7. The lowest BCUT2D eigenvalue weighted by Crippen LogP contribution is -2.38. The Balaban J connectivity index is 1.28. The Hall–Kier alpha value is -1.91. The summed E-state index contributed by atoms with van der Waals surface area (Å²) in [6, 6.07) is 16.3. The molecule has 1 fully saturated rings. The summed E-state index contributed by atoms with van der Waals surface area (Å²) in [6.45, 7) is 1.70. The van der Waals surface area contributed by atoms with Gasteiger partial charge in [-0.3, -0.25) is 4.79 Å². The van der Waals surface area contributed by atoms with Gasteiger partial charge in [0.2, 0.25) is 5.91 Å². The van der Waals surface area contributed by atoms with Gasteiger partial charge in [-0.25, -0.2) is 0 Å². The number of amides is 1. The highest BCUT2D eigenvalue weighted by Gasteiger charge is 2.25. The Morgan fingerprint density at radius 1 is 1.15 bits per heavy atom. The normalized spacial score (nSPS) is 15.4. The van der Waals surface area contributed by atoms with Crippen molar-refractivity contribution in [3.05, 3.63) is 70.9 Å². The molecule has 0 bridgehead atoms. The van der Waals surface area contributed by atoms with Gasteiger partial charge in [-0.2, -0.15) is 0 Å². The number of carbonyl (C=O) groups excluding carboxylic acids is 1. The number of piperidine rings is 1. The standard InChI is InChI=1S/C22H23ClN2OS/c23-18-5-3-4-16(12-18)14-27-15-22(26)25-10-8-17(9-11-25)20-13-24-21-7-2-1-6-19(20)21/h1-7,12-13,17,24H,8-11,14-15H2. The Kier molecular flexibility index (Phi) is 5.74. The van der Waals surface area contributed by atoms with E-state index in [0.717, 1.165) is 36.7 Å². The summed E-state index contributed by atoms with van der Waals surface area (Å²) < 4.78 is 0. The summed E-state index contributed by atoms with van der Waals surface area (Å²) in [6.07, 6.45) is 4.22. The van der Waals surface area contributed by atoms with Crippen LogP contribution in [-0.2, 0) is 10.5 Å². The molecule has 0 unspecified atom stereocenters. The van der Waals surface area contributed by atoms with E-state index >= 15 is 0 Å². The molecule has 2 heterocycles. The second-order valence-electron chi connectivity index (χ2n) is 7.07. The molecule has 1 aliphatic rings. The van der Waals surface area contributed by atoms with Crippen molar-refractivity contribution in [3.63, 3.8) is 0 Å². The number of aromatic nitrogens is 1. The molecule has 0 spiro atoms. The van der Waals surface area contributed by atoms with Crippen LogP contribution in [0.1, 0.15) is 29.9 Å². The van der Waals surface area contributed by atoms with E-state index in [4.69, 9.17) is 11.6 Å². The summed E-state index contributed by atoms with van der Waals surface area (Å²) in [5, 5.41) is 2.07. The molecule has 3 aromatic rings. The van der Waals surface area contributed by atoms with E-state index in [1.54, 1.807) is 11.8 Å². The van der Waals surface area contributed by atoms with Gasteiger partial charge in [-0.1, -0.05) is 41.9 Å². The number of hydrogen-bond donors (Lipinski definition) is 1. The van der Waals surface area contributed by atoms with Crippen molar-refractivity contribution in [2.24, 2.45) is 0 Å². The quantitative estimate of drug-likeness (QED) is 0.619. The highest BCUT2D eigenvalue weighted by atomic mass is 35.5. The Morgan fingerprint density at radius 3 is 2.78 bits per heavy atom. The van der Waals surface area contributed by atoms with Gasteiger partial charge in [0.05, 0.1) is 5.75 Å². The van der Waals surface area contributed by atoms with Gasteiger partial charge in [0, 0.05) is 41.0 Å². The molecule has 0 saturated carbocycles. The van der Waals surface area contributed by atoms with Crippen LogP contribution in [0.4, 0.5) is 0 Å². The summed E-state index contributed by atoms with van der Waals surface area (Å²) in [7, 11) is 0. The first-order valence-corrected chi connectivity index (χ1v) is 10.9. The fraction of sp³-hybridized carbons (Fsp3) is 0.318. The lowest BCUT2D eigenvalue weighted by atomic mass is 9.89. The van der Waals surface area contributed by atoms with E-state index in [-0.39, 0.29) is 5.91 Å². The first-order chi connectivity index (χ1) is 13.2. The van der Waals surface area contributed by atoms with Gasteiger partial charge in [-0.05, 0) is 48.1 Å². The van der Waals surface area contributed by atoms with Crippen molar-refractivity contribution < 1.29 is 4.79 Å². The molecule has 4 rings (SSSR count). The second-order valence-corrected chi connectivity index (χ2v) is 8.49. The number of hydrogen-bond acceptors (Lipinski definition) is 2. The minimum Gasteiger partial charge on any atom is -0.361 e. The van der Waals surface area contributed by atoms with Crippen LogP contribution >= 0.6 is 23.4 Å². The van der Waals surface area contributed by atoms with Gasteiger partial charge in [0.25, 0.3) is 0 Å². The minimum absolute atomic E-state index is 0.249. The molecule has 27 heavy (non-hydrogen) atoms. The molecule has 5 heteroatoms. The Morgan fingerprint density at radius 2 is 1.96 bits per heavy atom. The van der Waals surface area contributed by atoms with Gasteiger partial charge in [0.15, 0.2) is 0 Å². The van der Waals surface area contributed by atoms with E-state index in [1.807, 2.05) is 23.1 Å². The number of thioether (sulfide) groups is 1. The Labute approximate surface area is 169 Å². The maximum Gasteiger partial charge on any atom is 0.232 e. The predicted molar refractivity (Wildman–Crippen MR) is 114 cm³/mol. The number of likely N-dealkylation sites (tertiary alicyclic amines) is 1. The number of rotatable bonds is 5. The SMILES string of the molecule is O=C(CSCc1cccc(Cl)c1)N1CCC(c2c[nH]c3ccccc23)CC1. The molecule has 0 atom stereocenters. The molecule has 1 aliphatic heterocycles. The highest BCUT2D eigenvalue weighted by Crippen LogP contribution is 2.33. The van der Waals surface area contributed by atoms with Crippen LogP contribution in [0.3, 0.4) is 0 Å². The smallest absolute Gasteiger partial charge is 0.232 e. The fourth-order valence-electron chi connectivity index (χ4n) is 3.85. The van der Waals surface area contributed by atoms with Crippen molar-refractivity contribution in [3.8, 4) is 0 Å². The van der Waals surface area contributed by atoms with Crippen LogP contribution in [0, 0.1) is 0 Å². The number of aromatic amines is 1. The molecular weight excluding hydrogens is 376 g/mol. The van der Waals surface area contributed by atoms with Gasteiger partial charge in [0.1, 0.15) is 0 Å². The van der Waals surface area contributed by atoms with E-state index in [9.17, 15) is 4.79 Å². The second kappa shape index (κ2) is 8.41. The topological polar surface area (TPSA) is 36.1 Å². The largest absolute Gasteiger partial charge is 0.361 e. The van der Waals surface area contributed by atoms with Crippen LogP contribution in [0.5, 0.6) is 0 Å². The van der Waals surface area contributed by atoms with Crippen LogP contribution in [0.15, 0.2) is 54.7 Å². The number of para-hydroxylation sites is 1. The minimum atomic E-state index is 0.249. The molecule has 1 N–H and O–H groups in total. The lowest BCUT2D eigenvalue weighted by molar-refractivity contribution is -0.129. The van der Waals surface area contributed by atoms with Crippen LogP contribution in [0.2, 0.25) is 5.02 Å². The van der Waals surface area contributed by atoms with Gasteiger partial charge >= 0.3 is 0 Å². The molecule has 1 aromatic heterocycles. The number of nitrogens with one attached hydrogen (secondary N) is 1. The molecule has 1 saturated heterocycles. The summed E-state index contributed by atoms with van der Waals surface area (Å²) in [4.78, 5) is 17.9. The number of benzene rings is 2. The maximum atomic E-state index is 12.5. The number of carbonyl (C=O) groups is 1. The first kappa shape index (κ1) is 18.5. The van der Waals surface area contributed by atoms with E-state index in [1.165, 1.54) is 22.0 Å². The van der Waals surface area contributed by atoms with Crippen molar-refractivity contribution in [1.82, 2.24) is 9.88 Å². The average molecular weight is 399 g/mol. The van der Waals surface area contributed by atoms with Crippen molar-refractivity contribution in [2.75, 3.05) is 18.8 Å². The van der Waals surface area contributed by atoms with Gasteiger partial charge < -0.3 is 9.88 Å². The summed E-state index contributed by atoms with van der Waals surface area (Å²) >= 11 is 7.68. The van der Waals surface area contributed by atoms with Crippen LogP contribution in [-0.4, -0.2) is 34.6 Å². The van der Waals surface area contributed by atoms with Crippen LogP contribution < -0.4 is 0 Å². The zero-order chi connectivity index (χ0) is 18.6. The molecule has 0 aliphatic carbocycles. The fourth-order valence-corrected chi connectivity index (χ4v) is 4.93. The van der Waals surface area contributed by atoms with Crippen molar-refractivity contribution >= 4 is 40.2 Å². The van der Waals surface area contributed by atoms with Crippen LogP contribution in [0.25, 0.3) is 10.9 Å². The number of halogens is 1. The first-order valence-electron chi connectivity index (χ1n) is 9.36. The number of H-pyrrole nitrogens is 1. The monoisotopic (exact) mass is 398 g/mol. The van der Waals surface area contributed by atoms with E-state index in [0.29, 0.717) is 11.7 Å². The van der Waals surface area contributed by atoms with Crippen molar-refractivity contribution in [1.29, 1.82) is 0 Å². The van der Waals surface area contributed by atoms with E-state index in [2.05, 4.69) is 41.5 Å². The molecule has 3 nitrogen and oxygen atoms in total. The molecule has 140 valence electrons. The van der Waals surface area contributed by atoms with Crippen molar-refractivity contribution in [2.45, 2.75) is 24.5 Å². The molecule has 2 aromatic carbocycles. The highest BCUT2D eigenvalue weighted by molar-refractivity contribution is 7.99. The van der Waals surface area contributed by atoms with Gasteiger partial charge in [-0.15, -0.1) is 11.8 Å². The molecule has 0 radical (unpaired) electrons. The third-order valence-electron chi connectivity index (χ3n) is 5.29. The average Bonchev–Trinajstić information content (AvgIpc) is 3.12. The third-order valence-corrected chi connectivity index (χ3v) is 6.52. The lowest BCUT2D eigenvalue weighted by Gasteiger charge is -2.32. The number of fused-ring (bicyclic) bond motifs is 1. The molecular formula is C22H23ClN2OS. The number of nitrogens with zero attached hydrogens (tertiary/aromatic N) is 1. The zero-order valence-electron chi connectivity index (χ0n) is 15.2.